The Bertz CT molecular complexity index is 430. The lowest BCUT2D eigenvalue weighted by molar-refractivity contribution is -0.133. The summed E-state index contributed by atoms with van der Waals surface area (Å²) in [7, 11) is 0. The number of hydrogen-bond donors (Lipinski definition) is 1. The van der Waals surface area contributed by atoms with Gasteiger partial charge in [0.15, 0.2) is 0 Å². The van der Waals surface area contributed by atoms with Crippen molar-refractivity contribution in [3.05, 3.63) is 28.7 Å². The highest BCUT2D eigenvalue weighted by molar-refractivity contribution is 9.10. The van der Waals surface area contributed by atoms with Gasteiger partial charge in [0.25, 0.3) is 0 Å². The van der Waals surface area contributed by atoms with Crippen LogP contribution in [0.1, 0.15) is 19.3 Å². The van der Waals surface area contributed by atoms with Gasteiger partial charge in [-0.2, -0.15) is 0 Å². The fourth-order valence-corrected chi connectivity index (χ4v) is 2.46. The predicted molar refractivity (Wildman–Crippen MR) is 76.1 cm³/mol. The number of ether oxygens (including phenoxy) is 1. The summed E-state index contributed by atoms with van der Waals surface area (Å²) in [5.41, 5.74) is 0. The lowest BCUT2D eigenvalue weighted by atomic mass is 10.1. The smallest absolute Gasteiger partial charge is 0.226 e. The van der Waals surface area contributed by atoms with Crippen molar-refractivity contribution in [2.75, 3.05) is 19.7 Å². The molecule has 0 unspecified atom stereocenters. The van der Waals surface area contributed by atoms with E-state index in [-0.39, 0.29) is 12.0 Å². The second kappa shape index (κ2) is 6.91. The van der Waals surface area contributed by atoms with Crippen LogP contribution in [0.2, 0.25) is 0 Å². The summed E-state index contributed by atoms with van der Waals surface area (Å²) in [6, 6.07) is 7.57. The normalized spacial score (nSPS) is 16.4. The summed E-state index contributed by atoms with van der Waals surface area (Å²) in [5, 5.41) is 9.39. The second-order valence-corrected chi connectivity index (χ2v) is 5.58. The minimum atomic E-state index is -0.248. The van der Waals surface area contributed by atoms with Crippen LogP contribution >= 0.6 is 15.9 Å². The molecule has 0 radical (unpaired) electrons. The number of likely N-dealkylation sites (tertiary alicyclic amines) is 1. The number of benzene rings is 1. The number of halogens is 1. The van der Waals surface area contributed by atoms with E-state index < -0.39 is 0 Å². The third-order valence-corrected chi connectivity index (χ3v) is 3.69. The quantitative estimate of drug-likeness (QED) is 0.922. The molecule has 1 aliphatic heterocycles. The van der Waals surface area contributed by atoms with Gasteiger partial charge in [-0.15, -0.1) is 0 Å². The van der Waals surface area contributed by atoms with Gasteiger partial charge < -0.3 is 14.7 Å². The molecule has 0 aromatic heterocycles. The third-order valence-electron chi connectivity index (χ3n) is 3.20. The minimum absolute atomic E-state index is 0.0990. The van der Waals surface area contributed by atoms with Gasteiger partial charge in [0.1, 0.15) is 5.75 Å². The minimum Gasteiger partial charge on any atom is -0.493 e. The molecular formula is C14H18BrNO3. The highest BCUT2D eigenvalue weighted by Crippen LogP contribution is 2.18. The molecule has 0 bridgehead atoms. The van der Waals surface area contributed by atoms with E-state index in [1.54, 1.807) is 4.90 Å². The highest BCUT2D eigenvalue weighted by atomic mass is 79.9. The Kier molecular flexibility index (Phi) is 5.22. The lowest BCUT2D eigenvalue weighted by Crippen LogP contribution is -2.40. The summed E-state index contributed by atoms with van der Waals surface area (Å²) in [6.07, 6.45) is 1.49. The first-order valence-electron chi connectivity index (χ1n) is 6.49. The van der Waals surface area contributed by atoms with Gasteiger partial charge in [0.2, 0.25) is 5.91 Å². The first kappa shape index (κ1) is 14.3. The maximum Gasteiger partial charge on any atom is 0.226 e. The molecule has 0 aliphatic carbocycles. The monoisotopic (exact) mass is 327 g/mol. The number of nitrogens with zero attached hydrogens (tertiary/aromatic N) is 1. The molecule has 1 aliphatic rings. The number of rotatable bonds is 4. The lowest BCUT2D eigenvalue weighted by Gasteiger charge is -2.29. The van der Waals surface area contributed by atoms with Gasteiger partial charge in [0, 0.05) is 17.6 Å². The van der Waals surface area contributed by atoms with E-state index in [0.717, 1.165) is 10.2 Å². The van der Waals surface area contributed by atoms with Crippen LogP contribution in [0, 0.1) is 0 Å². The molecule has 1 amide bonds. The number of amides is 1. The molecule has 0 saturated carbocycles. The van der Waals surface area contributed by atoms with Crippen molar-refractivity contribution < 1.29 is 14.6 Å². The van der Waals surface area contributed by atoms with Gasteiger partial charge in [-0.1, -0.05) is 22.0 Å². The van der Waals surface area contributed by atoms with Crippen molar-refractivity contribution in [1.82, 2.24) is 4.90 Å². The molecule has 0 spiro atoms. The van der Waals surface area contributed by atoms with Crippen LogP contribution in [0.15, 0.2) is 28.7 Å². The number of aliphatic hydroxyl groups is 1. The largest absolute Gasteiger partial charge is 0.493 e. The van der Waals surface area contributed by atoms with E-state index in [4.69, 9.17) is 4.74 Å². The Morgan fingerprint density at radius 2 is 2.16 bits per heavy atom. The van der Waals surface area contributed by atoms with Crippen molar-refractivity contribution >= 4 is 21.8 Å². The molecular weight excluding hydrogens is 310 g/mol. The topological polar surface area (TPSA) is 49.8 Å². The standard InChI is InChI=1S/C14H18BrNO3/c15-11-2-1-3-13(10-11)19-9-6-14(18)16-7-4-12(17)5-8-16/h1-3,10,12,17H,4-9H2. The molecule has 1 fully saturated rings. The van der Waals surface area contributed by atoms with Gasteiger partial charge in [-0.25, -0.2) is 0 Å². The van der Waals surface area contributed by atoms with E-state index in [1.807, 2.05) is 24.3 Å². The Labute approximate surface area is 121 Å². The number of hydrogen-bond acceptors (Lipinski definition) is 3. The SMILES string of the molecule is O=C(CCOc1cccc(Br)c1)N1CCC(O)CC1. The van der Waals surface area contributed by atoms with Crippen LogP contribution in [0.5, 0.6) is 5.75 Å². The maximum atomic E-state index is 11.9. The average Bonchev–Trinajstić information content (AvgIpc) is 2.39. The van der Waals surface area contributed by atoms with E-state index in [1.165, 1.54) is 0 Å². The maximum absolute atomic E-state index is 11.9. The average molecular weight is 328 g/mol. The Balaban J connectivity index is 1.72. The second-order valence-electron chi connectivity index (χ2n) is 4.67. The van der Waals surface area contributed by atoms with Crippen molar-refractivity contribution in [3.63, 3.8) is 0 Å². The van der Waals surface area contributed by atoms with Gasteiger partial charge in [0.05, 0.1) is 19.1 Å². The van der Waals surface area contributed by atoms with Crippen molar-refractivity contribution in [2.45, 2.75) is 25.4 Å². The Morgan fingerprint density at radius 1 is 1.42 bits per heavy atom. The van der Waals surface area contributed by atoms with Gasteiger partial charge in [-0.05, 0) is 31.0 Å². The fraction of sp³-hybridized carbons (Fsp3) is 0.500. The zero-order valence-corrected chi connectivity index (χ0v) is 12.3. The Morgan fingerprint density at radius 3 is 2.84 bits per heavy atom. The predicted octanol–water partition coefficient (Wildman–Crippen LogP) is 2.20. The molecule has 1 aromatic rings. The summed E-state index contributed by atoms with van der Waals surface area (Å²) < 4.78 is 6.50. The number of piperidine rings is 1. The molecule has 104 valence electrons. The molecule has 1 aromatic carbocycles. The zero-order valence-electron chi connectivity index (χ0n) is 10.7. The van der Waals surface area contributed by atoms with Gasteiger partial charge >= 0.3 is 0 Å². The molecule has 1 heterocycles. The van der Waals surface area contributed by atoms with Crippen LogP contribution in [0.3, 0.4) is 0 Å². The summed E-state index contributed by atoms with van der Waals surface area (Å²) in [6.45, 7) is 1.68. The molecule has 0 atom stereocenters. The number of carbonyl (C=O) groups excluding carboxylic acids is 1. The van der Waals surface area contributed by atoms with Gasteiger partial charge in [-0.3, -0.25) is 4.79 Å². The first-order valence-corrected chi connectivity index (χ1v) is 7.28. The van der Waals surface area contributed by atoms with Crippen molar-refractivity contribution in [3.8, 4) is 5.75 Å². The number of carbonyl (C=O) groups is 1. The van der Waals surface area contributed by atoms with Crippen LogP contribution in [0.4, 0.5) is 0 Å². The van der Waals surface area contributed by atoms with Crippen LogP contribution in [-0.4, -0.2) is 41.7 Å². The van der Waals surface area contributed by atoms with Crippen molar-refractivity contribution in [1.29, 1.82) is 0 Å². The summed E-state index contributed by atoms with van der Waals surface area (Å²) >= 11 is 3.37. The fourth-order valence-electron chi connectivity index (χ4n) is 2.09. The van der Waals surface area contributed by atoms with Crippen LogP contribution in [0.25, 0.3) is 0 Å². The molecule has 2 rings (SSSR count). The van der Waals surface area contributed by atoms with Crippen molar-refractivity contribution in [2.24, 2.45) is 0 Å². The van der Waals surface area contributed by atoms with Crippen LogP contribution in [-0.2, 0) is 4.79 Å². The first-order chi connectivity index (χ1) is 9.15. The van der Waals surface area contributed by atoms with E-state index in [2.05, 4.69) is 15.9 Å². The molecule has 1 saturated heterocycles. The summed E-state index contributed by atoms with van der Waals surface area (Å²) in [4.78, 5) is 13.7. The van der Waals surface area contributed by atoms with Crippen LogP contribution < -0.4 is 4.74 Å². The Hall–Kier alpha value is -1.07. The molecule has 4 nitrogen and oxygen atoms in total. The zero-order chi connectivity index (χ0) is 13.7. The van der Waals surface area contributed by atoms with E-state index in [0.29, 0.717) is 39.0 Å². The van der Waals surface area contributed by atoms with E-state index >= 15 is 0 Å². The third kappa shape index (κ3) is 4.51. The molecule has 1 N–H and O–H groups in total. The molecule has 19 heavy (non-hydrogen) atoms. The van der Waals surface area contributed by atoms with E-state index in [9.17, 15) is 9.90 Å². The number of aliphatic hydroxyl groups excluding tert-OH is 1. The molecule has 5 heteroatoms. The highest BCUT2D eigenvalue weighted by Gasteiger charge is 2.20. The summed E-state index contributed by atoms with van der Waals surface area (Å²) in [5.74, 6) is 0.859.